The highest BCUT2D eigenvalue weighted by atomic mass is 15.3. The predicted octanol–water partition coefficient (Wildman–Crippen LogP) is 0.258. The maximum atomic E-state index is 7.73. The second-order valence-corrected chi connectivity index (χ2v) is 0.729. The average molecular weight is 83.1 g/mol. The summed E-state index contributed by atoms with van der Waals surface area (Å²) < 4.78 is 0. The van der Waals surface area contributed by atoms with Crippen molar-refractivity contribution in [2.75, 3.05) is 6.54 Å². The first-order chi connectivity index (χ1) is 2.91. The normalized spacial score (nSPS) is 5.83. The van der Waals surface area contributed by atoms with E-state index in [0.29, 0.717) is 6.54 Å². The summed E-state index contributed by atoms with van der Waals surface area (Å²) in [6.45, 7) is 3.79. The van der Waals surface area contributed by atoms with E-state index in [9.17, 15) is 0 Å². The molecule has 0 aliphatic carbocycles. The van der Waals surface area contributed by atoms with Crippen molar-refractivity contribution in [2.24, 2.45) is 0 Å². The Morgan fingerprint density at radius 3 is 2.83 bits per heavy atom. The summed E-state index contributed by atoms with van der Waals surface area (Å²) in [6, 6.07) is 0. The fourth-order valence-electron chi connectivity index (χ4n) is 0.105. The van der Waals surface area contributed by atoms with Crippen molar-refractivity contribution in [3.63, 3.8) is 0 Å². The topological polar surface area (TPSA) is 37.9 Å². The van der Waals surface area contributed by atoms with Crippen molar-refractivity contribution < 1.29 is 0 Å². The molecule has 0 aromatic heterocycles. The summed E-state index contributed by atoms with van der Waals surface area (Å²) in [4.78, 5) is 0. The van der Waals surface area contributed by atoms with Gasteiger partial charge in [0.05, 0.1) is 6.54 Å². The van der Waals surface area contributed by atoms with Crippen LogP contribution in [0, 0.1) is 11.5 Å². The highest BCUT2D eigenvalue weighted by Gasteiger charge is 1.67. The van der Waals surface area contributed by atoms with Gasteiger partial charge in [0.2, 0.25) is 6.19 Å². The van der Waals surface area contributed by atoms with Gasteiger partial charge in [-0.2, -0.15) is 5.26 Å². The van der Waals surface area contributed by atoms with Crippen LogP contribution in [-0.2, 0) is 0 Å². The molecule has 0 amide bonds. The van der Waals surface area contributed by atoms with Crippen molar-refractivity contribution in [1.82, 2.24) is 5.32 Å². The Labute approximate surface area is 37.1 Å². The Morgan fingerprint density at radius 1 is 2.00 bits per heavy atom. The van der Waals surface area contributed by atoms with Gasteiger partial charge in [0, 0.05) is 0 Å². The van der Waals surface area contributed by atoms with E-state index in [2.05, 4.69) is 11.9 Å². The van der Waals surface area contributed by atoms with Gasteiger partial charge in [-0.15, -0.1) is 6.58 Å². The summed E-state index contributed by atoms with van der Waals surface area (Å²) >= 11 is 0. The molecule has 0 aliphatic heterocycles. The van der Waals surface area contributed by atoms with Crippen molar-refractivity contribution in [1.29, 1.82) is 5.26 Å². The van der Waals surface area contributed by atoms with Gasteiger partial charge in [-0.1, -0.05) is 6.08 Å². The molecule has 0 saturated carbocycles. The zero-order valence-corrected chi connectivity index (χ0v) is 3.39. The molecule has 0 N–H and O–H groups in total. The molecule has 2 heteroatoms. The third kappa shape index (κ3) is 3.03. The third-order valence-corrected chi connectivity index (χ3v) is 0.291. The maximum absolute atomic E-state index is 7.73. The first kappa shape index (κ1) is 5.03. The number of nitrogens with zero attached hydrogens (tertiary/aromatic N) is 2. The van der Waals surface area contributed by atoms with Gasteiger partial charge in [0.15, 0.2) is 0 Å². The van der Waals surface area contributed by atoms with E-state index in [1.54, 1.807) is 12.3 Å². The molecule has 0 atom stereocenters. The van der Waals surface area contributed by atoms with E-state index in [-0.39, 0.29) is 0 Å². The Balaban J connectivity index is 2.72. The summed E-state index contributed by atoms with van der Waals surface area (Å²) in [5.74, 6) is 0. The van der Waals surface area contributed by atoms with Crippen molar-refractivity contribution in [3.8, 4) is 6.19 Å². The standard InChI is InChI=1S/C4H5N2/c1-2-3-6-4-5/h2H,1,3H2/i4+2. The lowest BCUT2D eigenvalue weighted by atomic mass is 10.7. The lowest BCUT2D eigenvalue weighted by molar-refractivity contribution is 0.983. The van der Waals surface area contributed by atoms with Crippen molar-refractivity contribution in [3.05, 3.63) is 12.7 Å². The molecular formula is C4H5N2. The first-order valence-corrected chi connectivity index (χ1v) is 1.58. The van der Waals surface area contributed by atoms with Crippen LogP contribution in [0.25, 0.3) is 0 Å². The highest BCUT2D eigenvalue weighted by molar-refractivity contribution is 4.75. The Bertz CT molecular complexity index is 70.1. The molecule has 0 aromatic carbocycles. The third-order valence-electron chi connectivity index (χ3n) is 0.291. The second kappa shape index (κ2) is 4.03. The molecule has 0 spiro atoms. The molecule has 2 nitrogen and oxygen atoms in total. The average Bonchev–Trinajstić information content (AvgIpc) is 1.61. The van der Waals surface area contributed by atoms with Gasteiger partial charge in [-0.3, -0.25) is 0 Å². The minimum absolute atomic E-state index is 0.441. The van der Waals surface area contributed by atoms with Gasteiger partial charge >= 0.3 is 0 Å². The minimum Gasteiger partial charge on any atom is -0.207 e. The van der Waals surface area contributed by atoms with E-state index in [1.807, 2.05) is 0 Å². The smallest absolute Gasteiger partial charge is 0.201 e. The van der Waals surface area contributed by atoms with Crippen molar-refractivity contribution >= 4 is 0 Å². The lowest BCUT2D eigenvalue weighted by Crippen LogP contribution is -1.91. The van der Waals surface area contributed by atoms with Crippen molar-refractivity contribution in [2.45, 2.75) is 0 Å². The maximum Gasteiger partial charge on any atom is 0.201 e. The van der Waals surface area contributed by atoms with E-state index < -0.39 is 0 Å². The second-order valence-electron chi connectivity index (χ2n) is 0.729. The van der Waals surface area contributed by atoms with Crippen LogP contribution in [0.3, 0.4) is 0 Å². The summed E-state index contributed by atoms with van der Waals surface area (Å²) in [6.07, 6.45) is 3.20. The molecule has 0 bridgehead atoms. The van der Waals surface area contributed by atoms with E-state index in [1.165, 1.54) is 0 Å². The van der Waals surface area contributed by atoms with Crippen LogP contribution in [0.15, 0.2) is 12.7 Å². The zero-order valence-electron chi connectivity index (χ0n) is 3.39. The first-order valence-electron chi connectivity index (χ1n) is 1.58. The van der Waals surface area contributed by atoms with Crippen LogP contribution >= 0.6 is 0 Å². The number of rotatable bonds is 2. The summed E-state index contributed by atoms with van der Waals surface area (Å²) in [5.41, 5.74) is 0. The van der Waals surface area contributed by atoms with Crippen LogP contribution < -0.4 is 5.32 Å². The van der Waals surface area contributed by atoms with E-state index in [4.69, 9.17) is 5.26 Å². The molecule has 0 saturated heterocycles. The molecule has 0 aliphatic rings. The fraction of sp³-hybridized carbons (Fsp3) is 0.250. The molecule has 0 unspecified atom stereocenters. The van der Waals surface area contributed by atoms with Gasteiger partial charge in [0.1, 0.15) is 0 Å². The summed E-state index contributed by atoms with van der Waals surface area (Å²) in [7, 11) is 0. The van der Waals surface area contributed by atoms with Crippen LogP contribution in [-0.4, -0.2) is 6.54 Å². The Kier molecular flexibility index (Phi) is 3.38. The molecule has 0 heterocycles. The summed E-state index contributed by atoms with van der Waals surface area (Å²) in [5, 5.41) is 11.0. The Morgan fingerprint density at radius 2 is 2.67 bits per heavy atom. The monoisotopic (exact) mass is 83.0 g/mol. The molecule has 0 aromatic rings. The van der Waals surface area contributed by atoms with Gasteiger partial charge in [0.25, 0.3) is 0 Å². The molecule has 31 valence electrons. The quantitative estimate of drug-likeness (QED) is 0.268. The number of hydrogen-bond acceptors (Lipinski definition) is 1. The van der Waals surface area contributed by atoms with E-state index in [0.717, 1.165) is 0 Å². The molecule has 1 radical (unpaired) electrons. The van der Waals surface area contributed by atoms with Crippen LogP contribution in [0.5, 0.6) is 0 Å². The molecule has 6 heavy (non-hydrogen) atoms. The lowest BCUT2D eigenvalue weighted by Gasteiger charge is -1.73. The van der Waals surface area contributed by atoms with E-state index >= 15 is 0 Å². The SMILES string of the molecule is C=CC[N][14C]#N. The largest absolute Gasteiger partial charge is 0.207 e. The Hall–Kier alpha value is -0.970. The highest BCUT2D eigenvalue weighted by Crippen LogP contribution is 1.55. The van der Waals surface area contributed by atoms with Gasteiger partial charge < -0.3 is 0 Å². The fourth-order valence-corrected chi connectivity index (χ4v) is 0.105. The number of hydrogen-bond donors (Lipinski definition) is 0. The van der Waals surface area contributed by atoms with Gasteiger partial charge in [-0.05, 0) is 0 Å². The molecule has 0 fully saturated rings. The zero-order chi connectivity index (χ0) is 4.83. The minimum atomic E-state index is 0.441. The van der Waals surface area contributed by atoms with Crippen LogP contribution in [0.2, 0.25) is 0 Å². The molecular weight excluding hydrogens is 78.1 g/mol. The van der Waals surface area contributed by atoms with Gasteiger partial charge in [-0.25, -0.2) is 5.32 Å². The number of nitriles is 1. The predicted molar refractivity (Wildman–Crippen MR) is 22.8 cm³/mol. The molecule has 0 rings (SSSR count). The van der Waals surface area contributed by atoms with Crippen LogP contribution in [0.1, 0.15) is 0 Å². The van der Waals surface area contributed by atoms with Crippen LogP contribution in [0.4, 0.5) is 0 Å².